The van der Waals surface area contributed by atoms with Crippen LogP contribution in [0.1, 0.15) is 19.7 Å². The normalized spacial score (nSPS) is 18.8. The van der Waals surface area contributed by atoms with Gasteiger partial charge in [0.05, 0.1) is 6.54 Å². The Bertz CT molecular complexity index is 333. The van der Waals surface area contributed by atoms with Crippen LogP contribution in [0.25, 0.3) is 0 Å². The lowest BCUT2D eigenvalue weighted by Gasteiger charge is -2.31. The van der Waals surface area contributed by atoms with Gasteiger partial charge in [-0.1, -0.05) is 13.8 Å². The van der Waals surface area contributed by atoms with Gasteiger partial charge in [0.15, 0.2) is 0 Å². The van der Waals surface area contributed by atoms with E-state index in [1.54, 1.807) is 0 Å². The van der Waals surface area contributed by atoms with Crippen molar-refractivity contribution in [2.24, 2.45) is 17.6 Å². The van der Waals surface area contributed by atoms with Crippen LogP contribution in [-0.2, 0) is 13.1 Å². The molecule has 5 heteroatoms. The van der Waals surface area contributed by atoms with Gasteiger partial charge < -0.3 is 10.3 Å². The highest BCUT2D eigenvalue weighted by Gasteiger charge is 2.21. The van der Waals surface area contributed by atoms with E-state index >= 15 is 0 Å². The summed E-state index contributed by atoms with van der Waals surface area (Å²) < 4.78 is 2.13. The molecule has 1 aromatic rings. The quantitative estimate of drug-likeness (QED) is 0.799. The molecule has 1 atom stereocenters. The van der Waals surface area contributed by atoms with E-state index in [0.29, 0.717) is 11.8 Å². The zero-order chi connectivity index (χ0) is 11.5. The predicted octanol–water partition coefficient (Wildman–Crippen LogP) is 0.325. The molecule has 90 valence electrons. The fraction of sp³-hybridized carbons (Fsp3) is 0.818. The van der Waals surface area contributed by atoms with Gasteiger partial charge in [0.25, 0.3) is 0 Å². The summed E-state index contributed by atoms with van der Waals surface area (Å²) in [7, 11) is 0. The highest BCUT2D eigenvalue weighted by Crippen LogP contribution is 2.15. The highest BCUT2D eigenvalue weighted by molar-refractivity contribution is 4.90. The Morgan fingerprint density at radius 1 is 1.44 bits per heavy atom. The molecule has 0 saturated carbocycles. The van der Waals surface area contributed by atoms with Gasteiger partial charge in [-0.05, 0) is 18.4 Å². The van der Waals surface area contributed by atoms with Crippen molar-refractivity contribution in [2.45, 2.75) is 26.9 Å². The first-order valence-corrected chi connectivity index (χ1v) is 5.99. The summed E-state index contributed by atoms with van der Waals surface area (Å²) >= 11 is 0. The van der Waals surface area contributed by atoms with Crippen molar-refractivity contribution in [3.8, 4) is 0 Å². The minimum absolute atomic E-state index is 0.578. The molecular weight excluding hydrogens is 202 g/mol. The van der Waals surface area contributed by atoms with E-state index in [9.17, 15) is 0 Å². The third-order valence-corrected chi connectivity index (χ3v) is 3.46. The summed E-state index contributed by atoms with van der Waals surface area (Å²) in [6.45, 7) is 9.30. The maximum Gasteiger partial charge on any atom is 0.147 e. The average Bonchev–Trinajstić information content (AvgIpc) is 2.72. The molecule has 0 saturated heterocycles. The summed E-state index contributed by atoms with van der Waals surface area (Å²) in [6, 6.07) is 0. The van der Waals surface area contributed by atoms with Crippen LogP contribution in [0.3, 0.4) is 0 Å². The van der Waals surface area contributed by atoms with Gasteiger partial charge >= 0.3 is 0 Å². The van der Waals surface area contributed by atoms with Crippen molar-refractivity contribution in [2.75, 3.05) is 19.6 Å². The van der Waals surface area contributed by atoms with Gasteiger partial charge in [-0.15, -0.1) is 10.2 Å². The summed E-state index contributed by atoms with van der Waals surface area (Å²) in [6.07, 6.45) is 1.82. The molecule has 2 rings (SSSR count). The Labute approximate surface area is 96.6 Å². The largest absolute Gasteiger partial charge is 0.330 e. The van der Waals surface area contributed by atoms with Crippen LogP contribution >= 0.6 is 0 Å². The molecule has 5 nitrogen and oxygen atoms in total. The smallest absolute Gasteiger partial charge is 0.147 e. The van der Waals surface area contributed by atoms with Crippen LogP contribution < -0.4 is 5.73 Å². The number of hydrogen-bond acceptors (Lipinski definition) is 4. The predicted molar refractivity (Wildman–Crippen MR) is 62.7 cm³/mol. The van der Waals surface area contributed by atoms with Crippen molar-refractivity contribution in [1.29, 1.82) is 0 Å². The van der Waals surface area contributed by atoms with E-state index < -0.39 is 0 Å². The van der Waals surface area contributed by atoms with Crippen molar-refractivity contribution < 1.29 is 0 Å². The summed E-state index contributed by atoms with van der Waals surface area (Å²) in [5, 5.41) is 8.06. The number of nitrogens with two attached hydrogens (primary N) is 1. The van der Waals surface area contributed by atoms with Gasteiger partial charge in [-0.2, -0.15) is 0 Å². The van der Waals surface area contributed by atoms with Gasteiger partial charge in [-0.25, -0.2) is 0 Å². The van der Waals surface area contributed by atoms with Crippen molar-refractivity contribution in [3.05, 3.63) is 12.2 Å². The minimum atomic E-state index is 0.578. The number of rotatable bonds is 4. The highest BCUT2D eigenvalue weighted by atomic mass is 15.3. The molecule has 16 heavy (non-hydrogen) atoms. The average molecular weight is 223 g/mol. The zero-order valence-corrected chi connectivity index (χ0v) is 10.1. The SMILES string of the molecule is CC(C)C(CN)CN1CCn2cnnc2C1. The lowest BCUT2D eigenvalue weighted by atomic mass is 9.95. The maximum atomic E-state index is 5.81. The Morgan fingerprint density at radius 3 is 2.94 bits per heavy atom. The van der Waals surface area contributed by atoms with Gasteiger partial charge in [0.1, 0.15) is 12.2 Å². The molecule has 0 aliphatic carbocycles. The monoisotopic (exact) mass is 223 g/mol. The van der Waals surface area contributed by atoms with Crippen LogP contribution in [0.15, 0.2) is 6.33 Å². The Morgan fingerprint density at radius 2 is 2.25 bits per heavy atom. The molecule has 2 heterocycles. The Hall–Kier alpha value is -0.940. The molecule has 0 fully saturated rings. The van der Waals surface area contributed by atoms with Crippen molar-refractivity contribution in [1.82, 2.24) is 19.7 Å². The first kappa shape index (κ1) is 11.5. The van der Waals surface area contributed by atoms with E-state index in [4.69, 9.17) is 5.73 Å². The number of fused-ring (bicyclic) bond motifs is 1. The molecule has 0 amide bonds. The maximum absolute atomic E-state index is 5.81. The Kier molecular flexibility index (Phi) is 3.56. The molecule has 1 aliphatic heterocycles. The third-order valence-electron chi connectivity index (χ3n) is 3.46. The fourth-order valence-corrected chi connectivity index (χ4v) is 2.16. The third kappa shape index (κ3) is 2.41. The van der Waals surface area contributed by atoms with Crippen LogP contribution in [0.4, 0.5) is 0 Å². The molecule has 1 aliphatic rings. The topological polar surface area (TPSA) is 60.0 Å². The van der Waals surface area contributed by atoms with Crippen LogP contribution in [-0.4, -0.2) is 39.3 Å². The molecule has 1 aromatic heterocycles. The summed E-state index contributed by atoms with van der Waals surface area (Å²) in [5.74, 6) is 2.30. The second-order valence-electron chi connectivity index (χ2n) is 4.92. The standard InChI is InChI=1S/C11H21N5/c1-9(2)10(5-12)6-15-3-4-16-8-13-14-11(16)7-15/h8-10H,3-7,12H2,1-2H3. The number of hydrogen-bond donors (Lipinski definition) is 1. The summed E-state index contributed by atoms with van der Waals surface area (Å²) in [4.78, 5) is 2.43. The van der Waals surface area contributed by atoms with Crippen LogP contribution in [0.2, 0.25) is 0 Å². The van der Waals surface area contributed by atoms with Crippen LogP contribution in [0.5, 0.6) is 0 Å². The lowest BCUT2D eigenvalue weighted by Crippen LogP contribution is -2.40. The number of nitrogens with zero attached hydrogens (tertiary/aromatic N) is 4. The fourth-order valence-electron chi connectivity index (χ4n) is 2.16. The van der Waals surface area contributed by atoms with E-state index in [0.717, 1.165) is 38.5 Å². The van der Waals surface area contributed by atoms with E-state index in [2.05, 4.69) is 33.5 Å². The second kappa shape index (κ2) is 4.93. The second-order valence-corrected chi connectivity index (χ2v) is 4.92. The van der Waals surface area contributed by atoms with Gasteiger partial charge in [0, 0.05) is 19.6 Å². The van der Waals surface area contributed by atoms with E-state index in [1.165, 1.54) is 0 Å². The molecule has 0 aromatic carbocycles. The molecule has 0 radical (unpaired) electrons. The molecule has 2 N–H and O–H groups in total. The van der Waals surface area contributed by atoms with E-state index in [-0.39, 0.29) is 0 Å². The zero-order valence-electron chi connectivity index (χ0n) is 10.1. The minimum Gasteiger partial charge on any atom is -0.330 e. The summed E-state index contributed by atoms with van der Waals surface area (Å²) in [5.41, 5.74) is 5.81. The molecular formula is C11H21N5. The van der Waals surface area contributed by atoms with E-state index in [1.807, 2.05) is 6.33 Å². The van der Waals surface area contributed by atoms with Crippen LogP contribution in [0, 0.1) is 11.8 Å². The lowest BCUT2D eigenvalue weighted by molar-refractivity contribution is 0.167. The molecule has 0 bridgehead atoms. The first-order valence-electron chi connectivity index (χ1n) is 5.99. The number of aromatic nitrogens is 3. The van der Waals surface area contributed by atoms with Crippen molar-refractivity contribution >= 4 is 0 Å². The molecule has 0 spiro atoms. The first-order chi connectivity index (χ1) is 7.70. The van der Waals surface area contributed by atoms with Gasteiger partial charge in [0.2, 0.25) is 0 Å². The molecule has 1 unspecified atom stereocenters. The van der Waals surface area contributed by atoms with Crippen molar-refractivity contribution in [3.63, 3.8) is 0 Å². The Balaban J connectivity index is 1.93. The van der Waals surface area contributed by atoms with Gasteiger partial charge in [-0.3, -0.25) is 4.90 Å².